The third-order valence-corrected chi connectivity index (χ3v) is 4.29. The zero-order valence-corrected chi connectivity index (χ0v) is 11.6. The van der Waals surface area contributed by atoms with E-state index in [9.17, 15) is 13.2 Å². The highest BCUT2D eigenvalue weighted by Crippen LogP contribution is 2.26. The van der Waals surface area contributed by atoms with Crippen LogP contribution < -0.4 is 9.64 Å². The van der Waals surface area contributed by atoms with E-state index >= 15 is 0 Å². The summed E-state index contributed by atoms with van der Waals surface area (Å²) in [4.78, 5) is 13.3. The average Bonchev–Trinajstić information content (AvgIpc) is 2.69. The van der Waals surface area contributed by atoms with Crippen LogP contribution in [0.3, 0.4) is 0 Å². The van der Waals surface area contributed by atoms with Crippen LogP contribution in [0.5, 0.6) is 5.75 Å². The summed E-state index contributed by atoms with van der Waals surface area (Å²) in [6.45, 7) is 1.41. The molecule has 0 fully saturated rings. The van der Waals surface area contributed by atoms with Crippen LogP contribution >= 0.6 is 0 Å². The van der Waals surface area contributed by atoms with Crippen molar-refractivity contribution in [2.75, 3.05) is 17.8 Å². The van der Waals surface area contributed by atoms with Crippen LogP contribution in [0, 0.1) is 0 Å². The summed E-state index contributed by atoms with van der Waals surface area (Å²) >= 11 is 0. The number of anilines is 1. The fourth-order valence-corrected chi connectivity index (χ4v) is 3.36. The molecule has 102 valence electrons. The Morgan fingerprint density at radius 3 is 2.68 bits per heavy atom. The van der Waals surface area contributed by atoms with Gasteiger partial charge < -0.3 is 9.64 Å². The molecule has 1 heterocycles. The number of rotatable bonds is 3. The van der Waals surface area contributed by atoms with Crippen LogP contribution in [0.15, 0.2) is 35.7 Å². The Bertz CT molecular complexity index is 621. The number of hydrogen-bond acceptors (Lipinski definition) is 4. The molecule has 0 bridgehead atoms. The molecule has 19 heavy (non-hydrogen) atoms. The van der Waals surface area contributed by atoms with Gasteiger partial charge in [0.25, 0.3) is 0 Å². The summed E-state index contributed by atoms with van der Waals surface area (Å²) in [6.07, 6.45) is 1.54. The van der Waals surface area contributed by atoms with Crippen molar-refractivity contribution in [3.63, 3.8) is 0 Å². The highest BCUT2D eigenvalue weighted by atomic mass is 32.2. The highest BCUT2D eigenvalue weighted by molar-refractivity contribution is 7.94. The van der Waals surface area contributed by atoms with E-state index < -0.39 is 15.9 Å². The van der Waals surface area contributed by atoms with Crippen molar-refractivity contribution in [2.45, 2.75) is 13.0 Å². The zero-order chi connectivity index (χ0) is 14.0. The molecule has 1 aliphatic heterocycles. The fourth-order valence-electron chi connectivity index (χ4n) is 2.09. The second kappa shape index (κ2) is 5.05. The van der Waals surface area contributed by atoms with E-state index in [1.54, 1.807) is 24.3 Å². The van der Waals surface area contributed by atoms with Crippen molar-refractivity contribution in [1.82, 2.24) is 0 Å². The lowest BCUT2D eigenvalue weighted by molar-refractivity contribution is -0.116. The van der Waals surface area contributed by atoms with Crippen LogP contribution in [0.1, 0.15) is 6.92 Å². The van der Waals surface area contributed by atoms with Gasteiger partial charge in [-0.3, -0.25) is 4.79 Å². The molecule has 0 aliphatic carbocycles. The molecule has 6 heteroatoms. The van der Waals surface area contributed by atoms with E-state index in [2.05, 4.69) is 0 Å². The molecule has 0 radical (unpaired) electrons. The second-order valence-electron chi connectivity index (χ2n) is 4.32. The molecule has 5 nitrogen and oxygen atoms in total. The standard InChI is InChI=1S/C13H15NO4S/c1-10(15)14(12-6-7-19(16,17)9-12)11-4-3-5-13(8-11)18-2/h3-8,12H,9H2,1-2H3/t12-/m1/s1. The number of carbonyl (C=O) groups is 1. The Morgan fingerprint density at radius 2 is 2.16 bits per heavy atom. The number of ether oxygens (including phenoxy) is 1. The molecular weight excluding hydrogens is 266 g/mol. The monoisotopic (exact) mass is 281 g/mol. The van der Waals surface area contributed by atoms with E-state index in [1.165, 1.54) is 25.0 Å². The topological polar surface area (TPSA) is 63.7 Å². The zero-order valence-electron chi connectivity index (χ0n) is 10.7. The van der Waals surface area contributed by atoms with Gasteiger partial charge in [-0.2, -0.15) is 0 Å². The summed E-state index contributed by atoms with van der Waals surface area (Å²) in [6, 6.07) is 6.53. The third kappa shape index (κ3) is 2.96. The van der Waals surface area contributed by atoms with Crippen LogP contribution in [0.25, 0.3) is 0 Å². The van der Waals surface area contributed by atoms with Crippen molar-refractivity contribution in [1.29, 1.82) is 0 Å². The van der Waals surface area contributed by atoms with Crippen molar-refractivity contribution < 1.29 is 17.9 Å². The maximum absolute atomic E-state index is 11.8. The normalized spacial score (nSPS) is 20.2. The molecule has 2 rings (SSSR count). The number of carbonyl (C=O) groups excluding carboxylic acids is 1. The van der Waals surface area contributed by atoms with Crippen molar-refractivity contribution in [3.05, 3.63) is 35.7 Å². The molecular formula is C13H15NO4S. The van der Waals surface area contributed by atoms with Gasteiger partial charge in [0.1, 0.15) is 5.75 Å². The summed E-state index contributed by atoms with van der Waals surface area (Å²) in [7, 11) is -1.66. The largest absolute Gasteiger partial charge is 0.497 e. The summed E-state index contributed by atoms with van der Waals surface area (Å²) < 4.78 is 28.1. The summed E-state index contributed by atoms with van der Waals surface area (Å²) in [5, 5.41) is 1.16. The predicted octanol–water partition coefficient (Wildman–Crippen LogP) is 1.36. The van der Waals surface area contributed by atoms with Gasteiger partial charge in [-0.15, -0.1) is 0 Å². The van der Waals surface area contributed by atoms with Gasteiger partial charge in [0.2, 0.25) is 5.91 Å². The number of benzene rings is 1. The molecule has 0 unspecified atom stereocenters. The molecule has 1 aliphatic rings. The molecule has 0 saturated heterocycles. The van der Waals surface area contributed by atoms with Gasteiger partial charge in [-0.25, -0.2) is 8.42 Å². The first kappa shape index (κ1) is 13.6. The Morgan fingerprint density at radius 1 is 1.42 bits per heavy atom. The number of methoxy groups -OCH3 is 1. The Hall–Kier alpha value is -1.82. The number of nitrogens with zero attached hydrogens (tertiary/aromatic N) is 1. The van der Waals surface area contributed by atoms with Gasteiger partial charge in [0, 0.05) is 24.1 Å². The van der Waals surface area contributed by atoms with Gasteiger partial charge >= 0.3 is 0 Å². The molecule has 0 N–H and O–H groups in total. The number of hydrogen-bond donors (Lipinski definition) is 0. The molecule has 1 atom stereocenters. The Kier molecular flexibility index (Phi) is 3.61. The molecule has 1 aromatic rings. The quantitative estimate of drug-likeness (QED) is 0.839. The van der Waals surface area contributed by atoms with Gasteiger partial charge in [-0.05, 0) is 18.2 Å². The minimum atomic E-state index is -3.20. The molecule has 1 aromatic carbocycles. The van der Waals surface area contributed by atoms with Gasteiger partial charge in [0.15, 0.2) is 9.84 Å². The minimum absolute atomic E-state index is 0.0796. The van der Waals surface area contributed by atoms with E-state index in [-0.39, 0.29) is 11.7 Å². The fraction of sp³-hybridized carbons (Fsp3) is 0.308. The molecule has 0 spiro atoms. The van der Waals surface area contributed by atoms with Crippen molar-refractivity contribution in [3.8, 4) is 5.75 Å². The van der Waals surface area contributed by atoms with E-state index in [4.69, 9.17) is 4.74 Å². The lowest BCUT2D eigenvalue weighted by atomic mass is 10.2. The maximum Gasteiger partial charge on any atom is 0.224 e. The average molecular weight is 281 g/mol. The second-order valence-corrected chi connectivity index (χ2v) is 6.25. The molecule has 1 amide bonds. The smallest absolute Gasteiger partial charge is 0.224 e. The summed E-state index contributed by atoms with van der Waals surface area (Å²) in [5.41, 5.74) is 0.624. The minimum Gasteiger partial charge on any atom is -0.497 e. The van der Waals surface area contributed by atoms with Crippen LogP contribution in [0.2, 0.25) is 0 Å². The van der Waals surface area contributed by atoms with E-state index in [1.807, 2.05) is 0 Å². The van der Waals surface area contributed by atoms with E-state index in [0.717, 1.165) is 5.41 Å². The third-order valence-electron chi connectivity index (χ3n) is 2.91. The Balaban J connectivity index is 2.36. The lowest BCUT2D eigenvalue weighted by Crippen LogP contribution is -2.39. The van der Waals surface area contributed by atoms with Crippen LogP contribution in [-0.2, 0) is 14.6 Å². The van der Waals surface area contributed by atoms with Crippen LogP contribution in [-0.4, -0.2) is 33.2 Å². The molecule has 0 aromatic heterocycles. The lowest BCUT2D eigenvalue weighted by Gasteiger charge is -2.26. The van der Waals surface area contributed by atoms with Crippen molar-refractivity contribution in [2.24, 2.45) is 0 Å². The van der Waals surface area contributed by atoms with E-state index in [0.29, 0.717) is 11.4 Å². The van der Waals surface area contributed by atoms with Gasteiger partial charge in [-0.1, -0.05) is 6.07 Å². The first-order valence-electron chi connectivity index (χ1n) is 5.78. The predicted molar refractivity (Wildman–Crippen MR) is 72.9 cm³/mol. The first-order chi connectivity index (χ1) is 8.93. The maximum atomic E-state index is 11.8. The van der Waals surface area contributed by atoms with Gasteiger partial charge in [0.05, 0.1) is 18.9 Å². The highest BCUT2D eigenvalue weighted by Gasteiger charge is 2.29. The summed E-state index contributed by atoms with van der Waals surface area (Å²) in [5.74, 6) is 0.331. The Labute approximate surface area is 112 Å². The SMILES string of the molecule is COc1cccc(N(C(C)=O)[C@@H]2C=CS(=O)(=O)C2)c1. The number of sulfone groups is 1. The van der Waals surface area contributed by atoms with Crippen molar-refractivity contribution >= 4 is 21.4 Å². The number of amides is 1. The van der Waals surface area contributed by atoms with Crippen LogP contribution in [0.4, 0.5) is 5.69 Å². The molecule has 0 saturated carbocycles. The first-order valence-corrected chi connectivity index (χ1v) is 7.49.